The van der Waals surface area contributed by atoms with Crippen LogP contribution in [0.2, 0.25) is 10.0 Å². The number of fused-ring (bicyclic) bond motifs is 1. The van der Waals surface area contributed by atoms with Crippen molar-refractivity contribution in [1.29, 1.82) is 0 Å². The van der Waals surface area contributed by atoms with Crippen LogP contribution in [0.25, 0.3) is 0 Å². The van der Waals surface area contributed by atoms with Crippen molar-refractivity contribution in [2.24, 2.45) is 0 Å². The van der Waals surface area contributed by atoms with Crippen LogP contribution in [0.4, 0.5) is 16.2 Å². The molecule has 0 bridgehead atoms. The van der Waals surface area contributed by atoms with Crippen molar-refractivity contribution in [3.8, 4) is 0 Å². The molecule has 2 amide bonds. The zero-order valence-corrected chi connectivity index (χ0v) is 12.7. The van der Waals surface area contributed by atoms with Crippen LogP contribution in [0.15, 0.2) is 36.4 Å². The summed E-state index contributed by atoms with van der Waals surface area (Å²) >= 11 is 11.7. The van der Waals surface area contributed by atoms with Gasteiger partial charge >= 0.3 is 12.0 Å². The van der Waals surface area contributed by atoms with Gasteiger partial charge in [0.15, 0.2) is 0 Å². The van der Waals surface area contributed by atoms with E-state index < -0.39 is 6.03 Å². The molecule has 0 saturated carbocycles. The molecule has 2 aromatic carbocycles. The van der Waals surface area contributed by atoms with Gasteiger partial charge < -0.3 is 15.4 Å². The van der Waals surface area contributed by atoms with Gasteiger partial charge in [0, 0.05) is 16.9 Å². The summed E-state index contributed by atoms with van der Waals surface area (Å²) in [7, 11) is 0. The van der Waals surface area contributed by atoms with Gasteiger partial charge in [0.1, 0.15) is 6.61 Å². The average molecular weight is 337 g/mol. The fourth-order valence-corrected chi connectivity index (χ4v) is 2.36. The monoisotopic (exact) mass is 336 g/mol. The summed E-state index contributed by atoms with van der Waals surface area (Å²) in [5.74, 6) is -0.386. The molecule has 22 heavy (non-hydrogen) atoms. The number of carbonyl (C=O) groups is 2. The van der Waals surface area contributed by atoms with Crippen LogP contribution in [-0.2, 0) is 11.3 Å². The largest absolute Gasteiger partial charge is 0.457 e. The number of hydrogen-bond acceptors (Lipinski definition) is 3. The molecule has 1 aliphatic heterocycles. The van der Waals surface area contributed by atoms with Crippen LogP contribution in [0.1, 0.15) is 15.9 Å². The maximum absolute atomic E-state index is 11.9. The summed E-state index contributed by atoms with van der Waals surface area (Å²) < 4.78 is 4.91. The van der Waals surface area contributed by atoms with Gasteiger partial charge in [0.25, 0.3) is 0 Å². The third kappa shape index (κ3) is 3.00. The lowest BCUT2D eigenvalue weighted by atomic mass is 10.1. The molecule has 1 aliphatic rings. The molecule has 2 aromatic rings. The molecular weight excluding hydrogens is 327 g/mol. The maximum atomic E-state index is 11.9. The van der Waals surface area contributed by atoms with Crippen molar-refractivity contribution >= 4 is 46.6 Å². The number of hydrogen-bond donors (Lipinski definition) is 2. The van der Waals surface area contributed by atoms with Gasteiger partial charge in [-0.2, -0.15) is 0 Å². The zero-order valence-electron chi connectivity index (χ0n) is 11.2. The van der Waals surface area contributed by atoms with Gasteiger partial charge in [0.2, 0.25) is 0 Å². The first-order valence-corrected chi connectivity index (χ1v) is 7.11. The van der Waals surface area contributed by atoms with Gasteiger partial charge in [-0.15, -0.1) is 0 Å². The second kappa shape index (κ2) is 5.87. The Morgan fingerprint density at radius 3 is 2.41 bits per heavy atom. The number of anilines is 2. The first-order valence-electron chi connectivity index (χ1n) is 6.36. The summed E-state index contributed by atoms with van der Waals surface area (Å²) in [4.78, 5) is 23.4. The highest BCUT2D eigenvalue weighted by Gasteiger charge is 2.21. The molecule has 7 heteroatoms. The Bertz CT molecular complexity index is 777. The van der Waals surface area contributed by atoms with E-state index in [4.69, 9.17) is 27.9 Å². The van der Waals surface area contributed by atoms with E-state index in [9.17, 15) is 9.59 Å². The summed E-state index contributed by atoms with van der Waals surface area (Å²) in [5, 5.41) is 6.02. The number of benzene rings is 2. The topological polar surface area (TPSA) is 67.4 Å². The lowest BCUT2D eigenvalue weighted by Gasteiger charge is -2.09. The van der Waals surface area contributed by atoms with Crippen molar-refractivity contribution in [2.45, 2.75) is 6.61 Å². The van der Waals surface area contributed by atoms with E-state index in [0.717, 1.165) is 5.56 Å². The highest BCUT2D eigenvalue weighted by Crippen LogP contribution is 2.26. The first kappa shape index (κ1) is 14.7. The Labute approximate surface area is 136 Å². The Morgan fingerprint density at radius 2 is 1.68 bits per heavy atom. The van der Waals surface area contributed by atoms with Crippen LogP contribution in [0, 0.1) is 0 Å². The van der Waals surface area contributed by atoms with Crippen molar-refractivity contribution in [2.75, 3.05) is 10.6 Å². The van der Waals surface area contributed by atoms with Crippen molar-refractivity contribution < 1.29 is 14.3 Å². The fraction of sp³-hybridized carbons (Fsp3) is 0.0667. The Balaban J connectivity index is 1.70. The lowest BCUT2D eigenvalue weighted by molar-refractivity contribution is 0.0535. The SMILES string of the molecule is O=C(Nc1ccc(Cl)c(Cl)c1)Nc1ccc2c(c1)C(=O)OC2. The van der Waals surface area contributed by atoms with Crippen LogP contribution in [0.3, 0.4) is 0 Å². The van der Waals surface area contributed by atoms with E-state index in [1.165, 1.54) is 0 Å². The third-order valence-electron chi connectivity index (χ3n) is 3.12. The van der Waals surface area contributed by atoms with Gasteiger partial charge in [-0.1, -0.05) is 29.3 Å². The number of halogens is 2. The molecule has 0 spiro atoms. The third-order valence-corrected chi connectivity index (χ3v) is 3.86. The quantitative estimate of drug-likeness (QED) is 0.803. The standard InChI is InChI=1S/C15H10Cl2N2O3/c16-12-4-3-10(6-13(12)17)19-15(21)18-9-2-1-8-7-22-14(20)11(8)5-9/h1-6H,7H2,(H2,18,19,21). The van der Waals surface area contributed by atoms with Crippen molar-refractivity contribution in [3.05, 3.63) is 57.6 Å². The van der Waals surface area contributed by atoms with E-state index >= 15 is 0 Å². The molecule has 0 saturated heterocycles. The highest BCUT2D eigenvalue weighted by molar-refractivity contribution is 6.42. The number of ether oxygens (including phenoxy) is 1. The van der Waals surface area contributed by atoms with Crippen molar-refractivity contribution in [3.63, 3.8) is 0 Å². The van der Waals surface area contributed by atoms with Gasteiger partial charge in [-0.05, 0) is 30.3 Å². The fourth-order valence-electron chi connectivity index (χ4n) is 2.06. The van der Waals surface area contributed by atoms with Crippen LogP contribution in [0.5, 0.6) is 0 Å². The first-order chi connectivity index (χ1) is 10.5. The number of urea groups is 1. The minimum Gasteiger partial charge on any atom is -0.457 e. The number of nitrogens with one attached hydrogen (secondary N) is 2. The predicted molar refractivity (Wildman–Crippen MR) is 84.7 cm³/mol. The minimum atomic E-state index is -0.454. The van der Waals surface area contributed by atoms with Gasteiger partial charge in [-0.3, -0.25) is 0 Å². The summed E-state index contributed by atoms with van der Waals surface area (Å²) in [5.41, 5.74) is 2.27. The molecule has 0 atom stereocenters. The maximum Gasteiger partial charge on any atom is 0.338 e. The Morgan fingerprint density at radius 1 is 1.00 bits per heavy atom. The van der Waals surface area contributed by atoms with Crippen LogP contribution >= 0.6 is 23.2 Å². The van der Waals surface area contributed by atoms with E-state index in [1.807, 2.05) is 0 Å². The van der Waals surface area contributed by atoms with Crippen LogP contribution < -0.4 is 10.6 Å². The molecule has 1 heterocycles. The number of amides is 2. The Hall–Kier alpha value is -2.24. The molecule has 2 N–H and O–H groups in total. The van der Waals surface area contributed by atoms with E-state index in [2.05, 4.69) is 10.6 Å². The van der Waals surface area contributed by atoms with Gasteiger partial charge in [-0.25, -0.2) is 9.59 Å². The summed E-state index contributed by atoms with van der Waals surface area (Å²) in [6.07, 6.45) is 0. The lowest BCUT2D eigenvalue weighted by Crippen LogP contribution is -2.19. The smallest absolute Gasteiger partial charge is 0.338 e. The molecule has 0 fully saturated rings. The summed E-state index contributed by atoms with van der Waals surface area (Å²) in [6, 6.07) is 9.34. The molecule has 0 unspecified atom stereocenters. The van der Waals surface area contributed by atoms with E-state index in [1.54, 1.807) is 36.4 Å². The molecule has 5 nitrogen and oxygen atoms in total. The number of cyclic esters (lactones) is 1. The molecule has 3 rings (SSSR count). The van der Waals surface area contributed by atoms with Gasteiger partial charge in [0.05, 0.1) is 15.6 Å². The van der Waals surface area contributed by atoms with Crippen molar-refractivity contribution in [1.82, 2.24) is 0 Å². The van der Waals surface area contributed by atoms with E-state index in [0.29, 0.717) is 27.0 Å². The normalized spacial score (nSPS) is 12.5. The van der Waals surface area contributed by atoms with E-state index in [-0.39, 0.29) is 12.6 Å². The summed E-state index contributed by atoms with van der Waals surface area (Å²) in [6.45, 7) is 0.268. The second-order valence-electron chi connectivity index (χ2n) is 4.66. The molecule has 0 aliphatic carbocycles. The number of rotatable bonds is 2. The number of esters is 1. The Kier molecular flexibility index (Phi) is 3.92. The second-order valence-corrected chi connectivity index (χ2v) is 5.47. The zero-order chi connectivity index (χ0) is 15.7. The molecule has 0 aromatic heterocycles. The molecule has 112 valence electrons. The number of carbonyl (C=O) groups excluding carboxylic acids is 2. The van der Waals surface area contributed by atoms with Crippen LogP contribution in [-0.4, -0.2) is 12.0 Å². The average Bonchev–Trinajstić information content (AvgIpc) is 2.84. The molecular formula is C15H10Cl2N2O3. The highest BCUT2D eigenvalue weighted by atomic mass is 35.5. The minimum absolute atomic E-state index is 0.268. The predicted octanol–water partition coefficient (Wildman–Crippen LogP) is 4.31. The molecule has 0 radical (unpaired) electrons.